The first-order valence-corrected chi connectivity index (χ1v) is 7.83. The Kier molecular flexibility index (Phi) is 12.0. The fraction of sp³-hybridized carbons (Fsp3) is 0.533. The number of thioether (sulfide) groups is 1. The molecule has 22 heavy (non-hydrogen) atoms. The normalized spacial score (nSPS) is 11.4. The molecule has 1 atom stereocenters. The number of methoxy groups -OCH3 is 2. The molecule has 2 N–H and O–H groups in total. The van der Waals surface area contributed by atoms with Crippen LogP contribution in [0, 0.1) is 0 Å². The van der Waals surface area contributed by atoms with Gasteiger partial charge in [-0.25, -0.2) is 0 Å². The molecule has 0 aliphatic rings. The van der Waals surface area contributed by atoms with Crippen molar-refractivity contribution in [2.75, 3.05) is 40.5 Å². The third-order valence-electron chi connectivity index (χ3n) is 2.83. The Bertz CT molecular complexity index is 418. The van der Waals surface area contributed by atoms with E-state index in [1.165, 1.54) is 11.8 Å². The van der Waals surface area contributed by atoms with E-state index in [4.69, 9.17) is 9.47 Å². The van der Waals surface area contributed by atoms with Gasteiger partial charge in [0.05, 0.1) is 19.0 Å². The predicted octanol–water partition coefficient (Wildman–Crippen LogP) is 1.95. The number of ether oxygens (including phenoxy) is 2. The number of hydrogen-bond acceptors (Lipinski definition) is 5. The Morgan fingerprint density at radius 3 is 2.45 bits per heavy atom. The Morgan fingerprint density at radius 2 is 1.86 bits per heavy atom. The van der Waals surface area contributed by atoms with Crippen LogP contribution in [-0.2, 0) is 9.53 Å². The monoisotopic (exact) mass is 348 g/mol. The molecule has 0 fully saturated rings. The number of hydrogen-bond donors (Lipinski definition) is 2. The van der Waals surface area contributed by atoms with Crippen molar-refractivity contribution in [1.82, 2.24) is 10.6 Å². The number of benzene rings is 1. The Labute approximate surface area is 142 Å². The number of amides is 1. The minimum Gasteiger partial charge on any atom is -0.497 e. The Morgan fingerprint density at radius 1 is 1.18 bits per heavy atom. The van der Waals surface area contributed by atoms with Gasteiger partial charge < -0.3 is 20.1 Å². The number of carbonyl (C=O) groups is 1. The number of halogens is 1. The van der Waals surface area contributed by atoms with Crippen LogP contribution in [0.3, 0.4) is 0 Å². The van der Waals surface area contributed by atoms with Crippen molar-refractivity contribution < 1.29 is 14.3 Å². The summed E-state index contributed by atoms with van der Waals surface area (Å²) in [6, 6.07) is 7.71. The zero-order valence-corrected chi connectivity index (χ0v) is 14.9. The van der Waals surface area contributed by atoms with Gasteiger partial charge in [0.2, 0.25) is 5.91 Å². The van der Waals surface area contributed by atoms with E-state index in [2.05, 4.69) is 10.6 Å². The standard InChI is InChI=1S/C15H24N2O3S.ClH/c1-12(15(18)17-9-8-16-10-11-19-2)21-14-6-4-13(20-3)5-7-14;/h4-7,12,16H,8-11H2,1-3H3,(H,17,18);1H. The summed E-state index contributed by atoms with van der Waals surface area (Å²) in [5.74, 6) is 0.864. The third-order valence-corrected chi connectivity index (χ3v) is 3.94. The van der Waals surface area contributed by atoms with Crippen LogP contribution < -0.4 is 15.4 Å². The highest BCUT2D eigenvalue weighted by Gasteiger charge is 2.13. The number of carbonyl (C=O) groups excluding carboxylic acids is 1. The van der Waals surface area contributed by atoms with Gasteiger partial charge in [0, 0.05) is 31.6 Å². The second-order valence-electron chi connectivity index (χ2n) is 4.47. The van der Waals surface area contributed by atoms with Crippen LogP contribution in [0.5, 0.6) is 5.75 Å². The van der Waals surface area contributed by atoms with Gasteiger partial charge in [0.15, 0.2) is 0 Å². The highest BCUT2D eigenvalue weighted by molar-refractivity contribution is 8.00. The molecule has 0 bridgehead atoms. The van der Waals surface area contributed by atoms with Gasteiger partial charge in [-0.05, 0) is 31.2 Å². The predicted molar refractivity (Wildman–Crippen MR) is 93.3 cm³/mol. The Balaban J connectivity index is 0.00000441. The molecule has 0 saturated heterocycles. The van der Waals surface area contributed by atoms with Crippen LogP contribution in [0.25, 0.3) is 0 Å². The van der Waals surface area contributed by atoms with Gasteiger partial charge in [0.1, 0.15) is 5.75 Å². The molecule has 0 saturated carbocycles. The molecule has 0 spiro atoms. The van der Waals surface area contributed by atoms with Gasteiger partial charge in [-0.3, -0.25) is 4.79 Å². The highest BCUT2D eigenvalue weighted by atomic mass is 35.5. The first-order valence-electron chi connectivity index (χ1n) is 6.95. The maximum Gasteiger partial charge on any atom is 0.233 e. The summed E-state index contributed by atoms with van der Waals surface area (Å²) in [6.07, 6.45) is 0. The average molecular weight is 349 g/mol. The zero-order valence-electron chi connectivity index (χ0n) is 13.3. The highest BCUT2D eigenvalue weighted by Crippen LogP contribution is 2.25. The molecule has 1 aromatic rings. The molecule has 1 aromatic carbocycles. The third kappa shape index (κ3) is 8.48. The van der Waals surface area contributed by atoms with Gasteiger partial charge >= 0.3 is 0 Å². The maximum absolute atomic E-state index is 12.0. The van der Waals surface area contributed by atoms with Crippen LogP contribution in [0.4, 0.5) is 0 Å². The average Bonchev–Trinajstić information content (AvgIpc) is 2.51. The van der Waals surface area contributed by atoms with Crippen LogP contribution in [-0.4, -0.2) is 51.6 Å². The molecule has 0 aliphatic carbocycles. The van der Waals surface area contributed by atoms with Crippen molar-refractivity contribution in [2.24, 2.45) is 0 Å². The molecule has 0 radical (unpaired) electrons. The topological polar surface area (TPSA) is 59.6 Å². The summed E-state index contributed by atoms with van der Waals surface area (Å²) in [5.41, 5.74) is 0. The first-order chi connectivity index (χ1) is 10.2. The Hall–Kier alpha value is -0.950. The smallest absolute Gasteiger partial charge is 0.233 e. The molecular formula is C15H25ClN2O3S. The van der Waals surface area contributed by atoms with Crippen LogP contribution in [0.1, 0.15) is 6.92 Å². The second kappa shape index (κ2) is 12.6. The first kappa shape index (κ1) is 21.0. The molecule has 126 valence electrons. The molecule has 7 heteroatoms. The van der Waals surface area contributed by atoms with E-state index < -0.39 is 0 Å². The van der Waals surface area contributed by atoms with Gasteiger partial charge in [-0.2, -0.15) is 0 Å². The molecule has 0 aliphatic heterocycles. The molecule has 1 amide bonds. The largest absolute Gasteiger partial charge is 0.497 e. The lowest BCUT2D eigenvalue weighted by Crippen LogP contribution is -2.36. The summed E-state index contributed by atoms with van der Waals surface area (Å²) in [7, 11) is 3.31. The van der Waals surface area contributed by atoms with Crippen molar-refractivity contribution in [3.05, 3.63) is 24.3 Å². The van der Waals surface area contributed by atoms with Crippen LogP contribution >= 0.6 is 24.2 Å². The minimum absolute atomic E-state index is 0. The lowest BCUT2D eigenvalue weighted by atomic mass is 10.3. The van der Waals surface area contributed by atoms with Gasteiger partial charge in [-0.15, -0.1) is 24.2 Å². The number of nitrogens with one attached hydrogen (secondary N) is 2. The summed E-state index contributed by atoms with van der Waals surface area (Å²) in [4.78, 5) is 13.0. The quantitative estimate of drug-likeness (QED) is 0.500. The fourth-order valence-corrected chi connectivity index (χ4v) is 2.52. The van der Waals surface area contributed by atoms with E-state index in [1.807, 2.05) is 31.2 Å². The van der Waals surface area contributed by atoms with Crippen molar-refractivity contribution >= 4 is 30.1 Å². The van der Waals surface area contributed by atoms with E-state index in [1.54, 1.807) is 14.2 Å². The SMILES string of the molecule is COCCNCCNC(=O)C(C)Sc1ccc(OC)cc1.Cl. The lowest BCUT2D eigenvalue weighted by Gasteiger charge is -2.12. The van der Waals surface area contributed by atoms with Gasteiger partial charge in [-0.1, -0.05) is 0 Å². The van der Waals surface area contributed by atoms with E-state index in [0.717, 1.165) is 23.7 Å². The molecular weight excluding hydrogens is 324 g/mol. The molecule has 5 nitrogen and oxygen atoms in total. The van der Waals surface area contributed by atoms with Crippen molar-refractivity contribution in [1.29, 1.82) is 0 Å². The van der Waals surface area contributed by atoms with Crippen molar-refractivity contribution in [3.8, 4) is 5.75 Å². The van der Waals surface area contributed by atoms with Crippen molar-refractivity contribution in [3.63, 3.8) is 0 Å². The molecule has 1 unspecified atom stereocenters. The minimum atomic E-state index is -0.127. The maximum atomic E-state index is 12.0. The second-order valence-corrected chi connectivity index (χ2v) is 5.88. The summed E-state index contributed by atoms with van der Waals surface area (Å²) < 4.78 is 10.0. The summed E-state index contributed by atoms with van der Waals surface area (Å²) in [5, 5.41) is 5.97. The van der Waals surface area contributed by atoms with E-state index >= 15 is 0 Å². The fourth-order valence-electron chi connectivity index (χ4n) is 1.63. The lowest BCUT2D eigenvalue weighted by molar-refractivity contribution is -0.120. The van der Waals surface area contributed by atoms with Gasteiger partial charge in [0.25, 0.3) is 0 Å². The zero-order chi connectivity index (χ0) is 15.5. The van der Waals surface area contributed by atoms with Crippen LogP contribution in [0.15, 0.2) is 29.2 Å². The van der Waals surface area contributed by atoms with E-state index in [0.29, 0.717) is 13.2 Å². The molecule has 1 rings (SSSR count). The van der Waals surface area contributed by atoms with E-state index in [9.17, 15) is 4.79 Å². The van der Waals surface area contributed by atoms with Crippen LogP contribution in [0.2, 0.25) is 0 Å². The van der Waals surface area contributed by atoms with Crippen molar-refractivity contribution in [2.45, 2.75) is 17.1 Å². The summed E-state index contributed by atoms with van der Waals surface area (Å²) in [6.45, 7) is 4.74. The van der Waals surface area contributed by atoms with E-state index in [-0.39, 0.29) is 23.6 Å². The summed E-state index contributed by atoms with van der Waals surface area (Å²) >= 11 is 1.53. The molecule has 0 heterocycles. The molecule has 0 aromatic heterocycles. The number of rotatable bonds is 10.